The van der Waals surface area contributed by atoms with Crippen LogP contribution in [0.5, 0.6) is 11.5 Å². The molecule has 0 bridgehead atoms. The third kappa shape index (κ3) is 6.07. The van der Waals surface area contributed by atoms with Gasteiger partial charge in [-0.15, -0.1) is 11.3 Å². The van der Waals surface area contributed by atoms with Gasteiger partial charge in [0.2, 0.25) is 5.91 Å². The Bertz CT molecular complexity index is 1210. The monoisotopic (exact) mass is 519 g/mol. The van der Waals surface area contributed by atoms with Crippen LogP contribution in [0.3, 0.4) is 0 Å². The molecule has 0 radical (unpaired) electrons. The molecule has 0 unspecified atom stereocenters. The fraction of sp³-hybridized carbons (Fsp3) is 0.379. The molecule has 2 aliphatic rings. The first-order chi connectivity index (χ1) is 18.1. The molecule has 1 aliphatic carbocycles. The van der Waals surface area contributed by atoms with Crippen molar-refractivity contribution in [2.45, 2.75) is 51.3 Å². The minimum atomic E-state index is -0.0746. The Labute approximate surface area is 222 Å². The third-order valence-electron chi connectivity index (χ3n) is 7.08. The predicted octanol–water partition coefficient (Wildman–Crippen LogP) is 5.38. The molecular weight excluding hydrogens is 486 g/mol. The largest absolute Gasteiger partial charge is 0.493 e. The summed E-state index contributed by atoms with van der Waals surface area (Å²) in [5, 5.41) is 4.86. The van der Waals surface area contributed by atoms with Crippen molar-refractivity contribution in [2.24, 2.45) is 0 Å². The van der Waals surface area contributed by atoms with E-state index in [0.717, 1.165) is 47.4 Å². The summed E-state index contributed by atoms with van der Waals surface area (Å²) < 4.78 is 11.6. The first-order valence-corrected chi connectivity index (χ1v) is 13.7. The number of methoxy groups -OCH3 is 1. The van der Waals surface area contributed by atoms with Gasteiger partial charge in [0.05, 0.1) is 13.5 Å². The van der Waals surface area contributed by atoms with Crippen molar-refractivity contribution >= 4 is 29.0 Å². The van der Waals surface area contributed by atoms with E-state index in [0.29, 0.717) is 44.2 Å². The number of hydrogen-bond donors (Lipinski definition) is 1. The zero-order valence-electron chi connectivity index (χ0n) is 21.2. The van der Waals surface area contributed by atoms with Crippen LogP contribution in [0.1, 0.15) is 41.7 Å². The highest BCUT2D eigenvalue weighted by Gasteiger charge is 2.27. The van der Waals surface area contributed by atoms with Crippen LogP contribution in [0.2, 0.25) is 0 Å². The molecule has 3 aromatic rings. The molecule has 0 spiro atoms. The summed E-state index contributed by atoms with van der Waals surface area (Å²) >= 11 is 1.66. The van der Waals surface area contributed by atoms with Gasteiger partial charge in [0.15, 0.2) is 11.5 Å². The number of urea groups is 1. The van der Waals surface area contributed by atoms with Crippen molar-refractivity contribution in [1.29, 1.82) is 0 Å². The summed E-state index contributed by atoms with van der Waals surface area (Å²) in [6, 6.07) is 17.9. The van der Waals surface area contributed by atoms with Crippen molar-refractivity contribution in [2.75, 3.05) is 25.1 Å². The molecule has 2 heterocycles. The molecule has 1 saturated heterocycles. The van der Waals surface area contributed by atoms with Crippen LogP contribution in [-0.2, 0) is 24.4 Å². The summed E-state index contributed by atoms with van der Waals surface area (Å²) in [7, 11) is 1.64. The Kier molecular flexibility index (Phi) is 7.94. The molecule has 194 valence electrons. The molecule has 1 aromatic heterocycles. The van der Waals surface area contributed by atoms with E-state index in [9.17, 15) is 9.59 Å². The topological polar surface area (TPSA) is 71.1 Å². The van der Waals surface area contributed by atoms with Crippen molar-refractivity contribution in [1.82, 2.24) is 10.2 Å². The quantitative estimate of drug-likeness (QED) is 0.391. The smallest absolute Gasteiger partial charge is 0.321 e. The van der Waals surface area contributed by atoms with E-state index in [1.807, 2.05) is 64.9 Å². The molecule has 0 atom stereocenters. The van der Waals surface area contributed by atoms with Gasteiger partial charge in [0.1, 0.15) is 6.61 Å². The van der Waals surface area contributed by atoms with Crippen LogP contribution in [0.4, 0.5) is 10.5 Å². The Balaban J connectivity index is 1.29. The molecule has 2 aromatic carbocycles. The van der Waals surface area contributed by atoms with Gasteiger partial charge in [-0.1, -0.05) is 37.1 Å². The molecule has 8 heteroatoms. The zero-order valence-corrected chi connectivity index (χ0v) is 22.0. The Morgan fingerprint density at radius 1 is 1.08 bits per heavy atom. The number of thiophene rings is 1. The number of anilines is 1. The lowest BCUT2D eigenvalue weighted by Crippen LogP contribution is -2.39. The van der Waals surface area contributed by atoms with Crippen molar-refractivity contribution in [3.05, 3.63) is 76.0 Å². The van der Waals surface area contributed by atoms with Crippen LogP contribution >= 0.6 is 11.3 Å². The summed E-state index contributed by atoms with van der Waals surface area (Å²) in [6.07, 6.45) is 4.71. The minimum Gasteiger partial charge on any atom is -0.493 e. The SMILES string of the molecule is COc1ccc(CN(C(=O)Cc2ccc(N3CCNC3=O)cc2)C2CCCC2)cc1OCc1cccs1. The Morgan fingerprint density at radius 3 is 2.54 bits per heavy atom. The Morgan fingerprint density at radius 2 is 1.86 bits per heavy atom. The van der Waals surface area contributed by atoms with Gasteiger partial charge in [-0.3, -0.25) is 9.69 Å². The highest BCUT2D eigenvalue weighted by molar-refractivity contribution is 7.09. The highest BCUT2D eigenvalue weighted by atomic mass is 32.1. The first-order valence-electron chi connectivity index (χ1n) is 12.9. The zero-order chi connectivity index (χ0) is 25.6. The molecule has 7 nitrogen and oxygen atoms in total. The maximum atomic E-state index is 13.6. The van der Waals surface area contributed by atoms with Crippen LogP contribution in [0.15, 0.2) is 60.0 Å². The van der Waals surface area contributed by atoms with E-state index < -0.39 is 0 Å². The van der Waals surface area contributed by atoms with Gasteiger partial charge in [0, 0.05) is 36.2 Å². The molecule has 5 rings (SSSR count). The van der Waals surface area contributed by atoms with Crippen LogP contribution < -0.4 is 19.7 Å². The molecule has 37 heavy (non-hydrogen) atoms. The number of carbonyl (C=O) groups excluding carboxylic acids is 2. The van der Waals surface area contributed by atoms with Gasteiger partial charge in [-0.05, 0) is 59.7 Å². The number of benzene rings is 2. The maximum Gasteiger partial charge on any atom is 0.321 e. The van der Waals surface area contributed by atoms with E-state index >= 15 is 0 Å². The lowest BCUT2D eigenvalue weighted by Gasteiger charge is -2.30. The second-order valence-electron chi connectivity index (χ2n) is 9.54. The average Bonchev–Trinajstić information content (AvgIpc) is 3.70. The van der Waals surface area contributed by atoms with Gasteiger partial charge in [0.25, 0.3) is 0 Å². The predicted molar refractivity (Wildman–Crippen MR) is 145 cm³/mol. The standard InChI is InChI=1S/C29H33N3O4S/c1-35-26-13-10-22(17-27(26)36-20-25-7-4-16-37-25)19-32(23-5-2-3-6-23)28(33)18-21-8-11-24(12-9-21)31-15-14-30-29(31)34/h4,7-13,16-17,23H,2-3,5-6,14-15,18-20H2,1H3,(H,30,34). The molecule has 1 N–H and O–H groups in total. The third-order valence-corrected chi connectivity index (χ3v) is 7.93. The summed E-state index contributed by atoms with van der Waals surface area (Å²) in [5.74, 6) is 1.50. The number of nitrogens with one attached hydrogen (secondary N) is 1. The summed E-state index contributed by atoms with van der Waals surface area (Å²) in [5.41, 5.74) is 2.83. The molecule has 2 fully saturated rings. The van der Waals surface area contributed by atoms with Crippen molar-refractivity contribution in [3.63, 3.8) is 0 Å². The fourth-order valence-corrected chi connectivity index (χ4v) is 5.71. The molecule has 3 amide bonds. The van der Waals surface area contributed by atoms with Crippen molar-refractivity contribution < 1.29 is 19.1 Å². The van der Waals surface area contributed by atoms with Gasteiger partial charge in [-0.25, -0.2) is 4.79 Å². The number of carbonyl (C=O) groups is 2. The van der Waals surface area contributed by atoms with Gasteiger partial charge < -0.3 is 19.7 Å². The number of nitrogens with zero attached hydrogens (tertiary/aromatic N) is 2. The van der Waals surface area contributed by atoms with Crippen LogP contribution in [0, 0.1) is 0 Å². The lowest BCUT2D eigenvalue weighted by molar-refractivity contribution is -0.133. The minimum absolute atomic E-state index is 0.0746. The molecule has 1 saturated carbocycles. The summed E-state index contributed by atoms with van der Waals surface area (Å²) in [6.45, 7) is 2.34. The highest BCUT2D eigenvalue weighted by Crippen LogP contribution is 2.32. The fourth-order valence-electron chi connectivity index (χ4n) is 5.10. The van der Waals surface area contributed by atoms with Gasteiger partial charge in [-0.2, -0.15) is 0 Å². The summed E-state index contributed by atoms with van der Waals surface area (Å²) in [4.78, 5) is 30.4. The van der Waals surface area contributed by atoms with E-state index in [1.54, 1.807) is 23.3 Å². The molecular formula is C29H33N3O4S. The second-order valence-corrected chi connectivity index (χ2v) is 10.6. The maximum absolute atomic E-state index is 13.6. The Hall–Kier alpha value is -3.52. The first kappa shape index (κ1) is 25.1. The number of ether oxygens (including phenoxy) is 2. The molecule has 1 aliphatic heterocycles. The number of hydrogen-bond acceptors (Lipinski definition) is 5. The van der Waals surface area contributed by atoms with Crippen LogP contribution in [0.25, 0.3) is 0 Å². The van der Waals surface area contributed by atoms with Crippen LogP contribution in [-0.4, -0.2) is 43.1 Å². The van der Waals surface area contributed by atoms with E-state index in [2.05, 4.69) is 5.32 Å². The van der Waals surface area contributed by atoms with E-state index in [4.69, 9.17) is 9.47 Å². The van der Waals surface area contributed by atoms with E-state index in [-0.39, 0.29) is 18.0 Å². The number of rotatable bonds is 10. The average molecular weight is 520 g/mol. The van der Waals surface area contributed by atoms with E-state index in [1.165, 1.54) is 0 Å². The number of amides is 3. The normalized spacial score (nSPS) is 15.6. The van der Waals surface area contributed by atoms with Crippen molar-refractivity contribution in [3.8, 4) is 11.5 Å². The van der Waals surface area contributed by atoms with Gasteiger partial charge >= 0.3 is 6.03 Å². The second kappa shape index (κ2) is 11.7. The lowest BCUT2D eigenvalue weighted by atomic mass is 10.1.